The van der Waals surface area contributed by atoms with Crippen LogP contribution in [0, 0.1) is 5.82 Å². The summed E-state index contributed by atoms with van der Waals surface area (Å²) >= 11 is 0. The van der Waals surface area contributed by atoms with E-state index in [-0.39, 0.29) is 17.2 Å². The van der Waals surface area contributed by atoms with Gasteiger partial charge in [-0.3, -0.25) is 4.79 Å². The molecule has 0 atom stereocenters. The van der Waals surface area contributed by atoms with Gasteiger partial charge in [0, 0.05) is 17.8 Å². The second-order valence-corrected chi connectivity index (χ2v) is 4.63. The number of carbonyl (C=O) groups excluding carboxylic acids is 1. The molecule has 2 aromatic carbocycles. The van der Waals surface area contributed by atoms with E-state index in [2.05, 4.69) is 5.32 Å². The van der Waals surface area contributed by atoms with Crippen LogP contribution in [0.25, 0.3) is 0 Å². The van der Waals surface area contributed by atoms with E-state index >= 15 is 0 Å². The maximum Gasteiger partial charge on any atom is 0.251 e. The van der Waals surface area contributed by atoms with E-state index in [1.165, 1.54) is 18.2 Å². The number of nitrogens with one attached hydrogen (secondary N) is 1. The number of methoxy groups -OCH3 is 1. The Morgan fingerprint density at radius 2 is 1.95 bits per heavy atom. The minimum Gasteiger partial charge on any atom is -0.497 e. The number of nitrogens with two attached hydrogens (primary N) is 1. The van der Waals surface area contributed by atoms with E-state index in [9.17, 15) is 9.18 Å². The summed E-state index contributed by atoms with van der Waals surface area (Å²) in [6, 6.07) is 11.4. The summed E-state index contributed by atoms with van der Waals surface area (Å²) in [4.78, 5) is 11.9. The molecule has 0 saturated carbocycles. The van der Waals surface area contributed by atoms with Crippen LogP contribution in [0.3, 0.4) is 0 Å². The SMILES string of the molecule is COc1ccc(CCNC(=O)c2cc(N)cc(F)c2)cc1. The maximum absolute atomic E-state index is 13.2. The Labute approximate surface area is 122 Å². The molecule has 2 rings (SSSR count). The van der Waals surface area contributed by atoms with Crippen LogP contribution in [0.5, 0.6) is 5.75 Å². The Morgan fingerprint density at radius 3 is 2.57 bits per heavy atom. The van der Waals surface area contributed by atoms with Crippen molar-refractivity contribution in [2.75, 3.05) is 19.4 Å². The van der Waals surface area contributed by atoms with Gasteiger partial charge in [0.15, 0.2) is 0 Å². The van der Waals surface area contributed by atoms with Gasteiger partial charge in [0.05, 0.1) is 7.11 Å². The Balaban J connectivity index is 1.88. The number of anilines is 1. The van der Waals surface area contributed by atoms with Gasteiger partial charge in [-0.25, -0.2) is 4.39 Å². The van der Waals surface area contributed by atoms with Crippen LogP contribution in [0.2, 0.25) is 0 Å². The summed E-state index contributed by atoms with van der Waals surface area (Å²) in [6.45, 7) is 0.460. The minimum absolute atomic E-state index is 0.224. The molecule has 0 spiro atoms. The summed E-state index contributed by atoms with van der Waals surface area (Å²) in [5, 5.41) is 2.74. The fraction of sp³-hybridized carbons (Fsp3) is 0.188. The number of hydrogen-bond acceptors (Lipinski definition) is 3. The first kappa shape index (κ1) is 14.8. The normalized spacial score (nSPS) is 10.2. The van der Waals surface area contributed by atoms with Crippen LogP contribution >= 0.6 is 0 Å². The van der Waals surface area contributed by atoms with Gasteiger partial charge in [0.25, 0.3) is 5.91 Å². The first-order valence-electron chi connectivity index (χ1n) is 6.55. The highest BCUT2D eigenvalue weighted by molar-refractivity contribution is 5.95. The largest absolute Gasteiger partial charge is 0.497 e. The fourth-order valence-electron chi connectivity index (χ4n) is 1.96. The lowest BCUT2D eigenvalue weighted by Crippen LogP contribution is -2.25. The number of rotatable bonds is 5. The number of amides is 1. The molecule has 3 N–H and O–H groups in total. The van der Waals surface area contributed by atoms with Crippen molar-refractivity contribution in [1.82, 2.24) is 5.32 Å². The zero-order chi connectivity index (χ0) is 15.2. The van der Waals surface area contributed by atoms with Crippen molar-refractivity contribution in [3.05, 3.63) is 59.4 Å². The third-order valence-electron chi connectivity index (χ3n) is 3.04. The molecule has 0 aliphatic carbocycles. The molecule has 0 heterocycles. The summed E-state index contributed by atoms with van der Waals surface area (Å²) in [7, 11) is 1.61. The van der Waals surface area contributed by atoms with Gasteiger partial charge in [-0.05, 0) is 42.3 Å². The molecule has 0 unspecified atom stereocenters. The van der Waals surface area contributed by atoms with Crippen molar-refractivity contribution in [3.8, 4) is 5.75 Å². The highest BCUT2D eigenvalue weighted by Gasteiger charge is 2.07. The molecule has 0 saturated heterocycles. The molecular formula is C16H17FN2O2. The van der Waals surface area contributed by atoms with E-state index in [1.54, 1.807) is 7.11 Å². The minimum atomic E-state index is -0.518. The number of ether oxygens (including phenoxy) is 1. The number of carbonyl (C=O) groups is 1. The molecule has 0 radical (unpaired) electrons. The summed E-state index contributed by atoms with van der Waals surface area (Å²) in [6.07, 6.45) is 0.681. The smallest absolute Gasteiger partial charge is 0.251 e. The second-order valence-electron chi connectivity index (χ2n) is 4.63. The van der Waals surface area contributed by atoms with E-state index in [0.29, 0.717) is 13.0 Å². The lowest BCUT2D eigenvalue weighted by Gasteiger charge is -2.07. The maximum atomic E-state index is 13.2. The van der Waals surface area contributed by atoms with Gasteiger partial charge in [-0.1, -0.05) is 12.1 Å². The van der Waals surface area contributed by atoms with Gasteiger partial charge < -0.3 is 15.8 Å². The monoisotopic (exact) mass is 288 g/mol. The van der Waals surface area contributed by atoms with E-state index in [1.807, 2.05) is 24.3 Å². The van der Waals surface area contributed by atoms with Crippen LogP contribution in [-0.2, 0) is 6.42 Å². The molecule has 1 amide bonds. The van der Waals surface area contributed by atoms with Crippen molar-refractivity contribution in [2.45, 2.75) is 6.42 Å². The molecule has 5 heteroatoms. The molecule has 0 aliphatic rings. The van der Waals surface area contributed by atoms with Crippen LogP contribution in [0.4, 0.5) is 10.1 Å². The molecule has 0 bridgehead atoms. The Morgan fingerprint density at radius 1 is 1.24 bits per heavy atom. The van der Waals surface area contributed by atoms with Crippen LogP contribution in [-0.4, -0.2) is 19.6 Å². The Bertz CT molecular complexity index is 606. The highest BCUT2D eigenvalue weighted by atomic mass is 19.1. The molecule has 2 aromatic rings. The van der Waals surface area contributed by atoms with E-state index < -0.39 is 5.82 Å². The van der Waals surface area contributed by atoms with E-state index in [4.69, 9.17) is 10.5 Å². The summed E-state index contributed by atoms with van der Waals surface area (Å²) < 4.78 is 18.3. The summed E-state index contributed by atoms with van der Waals surface area (Å²) in [5.74, 6) is -0.0666. The van der Waals surface area contributed by atoms with Crippen molar-refractivity contribution < 1.29 is 13.9 Å². The Kier molecular flexibility index (Phi) is 4.77. The lowest BCUT2D eigenvalue weighted by molar-refractivity contribution is 0.0953. The Hall–Kier alpha value is -2.56. The fourth-order valence-corrected chi connectivity index (χ4v) is 1.96. The molecule has 0 aromatic heterocycles. The average Bonchev–Trinajstić information content (AvgIpc) is 2.47. The lowest BCUT2D eigenvalue weighted by atomic mass is 10.1. The number of benzene rings is 2. The van der Waals surface area contributed by atoms with Gasteiger partial charge in [-0.15, -0.1) is 0 Å². The average molecular weight is 288 g/mol. The summed E-state index contributed by atoms with van der Waals surface area (Å²) in [5.41, 5.74) is 7.05. The molecule has 110 valence electrons. The second kappa shape index (κ2) is 6.74. The van der Waals surface area contributed by atoms with Crippen LogP contribution < -0.4 is 15.8 Å². The van der Waals surface area contributed by atoms with Gasteiger partial charge >= 0.3 is 0 Å². The van der Waals surface area contributed by atoms with Gasteiger partial charge in [-0.2, -0.15) is 0 Å². The molecule has 0 aliphatic heterocycles. The van der Waals surface area contributed by atoms with E-state index in [0.717, 1.165) is 11.3 Å². The number of halogens is 1. The quantitative estimate of drug-likeness (QED) is 0.830. The number of hydrogen-bond donors (Lipinski definition) is 2. The zero-order valence-electron chi connectivity index (χ0n) is 11.7. The van der Waals surface area contributed by atoms with Crippen molar-refractivity contribution >= 4 is 11.6 Å². The van der Waals surface area contributed by atoms with Crippen molar-refractivity contribution in [3.63, 3.8) is 0 Å². The molecule has 4 nitrogen and oxygen atoms in total. The third-order valence-corrected chi connectivity index (χ3v) is 3.04. The van der Waals surface area contributed by atoms with Crippen LogP contribution in [0.15, 0.2) is 42.5 Å². The molecular weight excluding hydrogens is 271 g/mol. The molecule has 0 fully saturated rings. The van der Waals surface area contributed by atoms with Gasteiger partial charge in [0.1, 0.15) is 11.6 Å². The standard InChI is InChI=1S/C16H17FN2O2/c1-21-15-4-2-11(3-5-15)6-7-19-16(20)12-8-13(17)10-14(18)9-12/h2-5,8-10H,6-7,18H2,1H3,(H,19,20). The first-order valence-corrected chi connectivity index (χ1v) is 6.55. The molecule has 21 heavy (non-hydrogen) atoms. The number of nitrogen functional groups attached to an aromatic ring is 1. The van der Waals surface area contributed by atoms with Crippen molar-refractivity contribution in [1.29, 1.82) is 0 Å². The van der Waals surface area contributed by atoms with Crippen molar-refractivity contribution in [2.24, 2.45) is 0 Å². The highest BCUT2D eigenvalue weighted by Crippen LogP contribution is 2.12. The topological polar surface area (TPSA) is 64.3 Å². The predicted molar refractivity (Wildman–Crippen MR) is 79.8 cm³/mol. The third kappa shape index (κ3) is 4.21. The first-order chi connectivity index (χ1) is 10.1. The predicted octanol–water partition coefficient (Wildman–Crippen LogP) is 2.39. The van der Waals surface area contributed by atoms with Crippen LogP contribution in [0.1, 0.15) is 15.9 Å². The van der Waals surface area contributed by atoms with Gasteiger partial charge in [0.2, 0.25) is 0 Å². The zero-order valence-corrected chi connectivity index (χ0v) is 11.7.